The molecule has 1 aromatic heterocycles. The van der Waals surface area contributed by atoms with Gasteiger partial charge in [-0.25, -0.2) is 0 Å². The largest absolute Gasteiger partial charge is 0.489 e. The molecule has 1 fully saturated rings. The molecule has 0 aromatic carbocycles. The van der Waals surface area contributed by atoms with Crippen molar-refractivity contribution in [1.82, 2.24) is 9.88 Å². The first-order valence-electron chi connectivity index (χ1n) is 6.74. The van der Waals surface area contributed by atoms with Gasteiger partial charge in [0.1, 0.15) is 5.75 Å². The van der Waals surface area contributed by atoms with Crippen molar-refractivity contribution in [3.05, 3.63) is 18.5 Å². The molecule has 1 aliphatic rings. The van der Waals surface area contributed by atoms with Gasteiger partial charge in [0.15, 0.2) is 0 Å². The van der Waals surface area contributed by atoms with Crippen molar-refractivity contribution in [1.29, 1.82) is 0 Å². The van der Waals surface area contributed by atoms with Gasteiger partial charge in [0, 0.05) is 32.2 Å². The summed E-state index contributed by atoms with van der Waals surface area (Å²) in [4.78, 5) is 9.01. The second-order valence-electron chi connectivity index (χ2n) is 5.01. The van der Waals surface area contributed by atoms with Crippen LogP contribution in [0.4, 0.5) is 5.69 Å². The lowest BCUT2D eigenvalue weighted by molar-refractivity contribution is 0.216. The van der Waals surface area contributed by atoms with Crippen molar-refractivity contribution in [2.75, 3.05) is 38.1 Å². The van der Waals surface area contributed by atoms with Crippen molar-refractivity contribution < 1.29 is 4.74 Å². The van der Waals surface area contributed by atoms with Crippen LogP contribution in [0.25, 0.3) is 0 Å². The topological polar surface area (TPSA) is 28.6 Å². The van der Waals surface area contributed by atoms with Crippen LogP contribution in [0.3, 0.4) is 0 Å². The molecule has 2 rings (SSSR count). The number of hydrogen-bond donors (Lipinski definition) is 0. The van der Waals surface area contributed by atoms with Gasteiger partial charge in [-0.15, -0.1) is 0 Å². The summed E-state index contributed by atoms with van der Waals surface area (Å²) >= 11 is 0. The van der Waals surface area contributed by atoms with E-state index in [1.807, 2.05) is 6.20 Å². The van der Waals surface area contributed by atoms with Gasteiger partial charge < -0.3 is 14.5 Å². The van der Waals surface area contributed by atoms with Crippen LogP contribution in [-0.2, 0) is 0 Å². The first-order valence-corrected chi connectivity index (χ1v) is 6.74. The van der Waals surface area contributed by atoms with Gasteiger partial charge in [0.2, 0.25) is 0 Å². The Kier molecular flexibility index (Phi) is 4.42. The van der Waals surface area contributed by atoms with Gasteiger partial charge in [-0.1, -0.05) is 6.92 Å². The van der Waals surface area contributed by atoms with Crippen LogP contribution in [0.5, 0.6) is 5.75 Å². The molecule has 2 heterocycles. The fraction of sp³-hybridized carbons (Fsp3) is 0.643. The highest BCUT2D eigenvalue weighted by molar-refractivity contribution is 5.48. The van der Waals surface area contributed by atoms with E-state index in [0.717, 1.165) is 38.3 Å². The minimum atomic E-state index is 0.245. The number of rotatable bonds is 4. The van der Waals surface area contributed by atoms with Crippen LogP contribution < -0.4 is 9.64 Å². The molecule has 0 bridgehead atoms. The molecule has 1 unspecified atom stereocenters. The minimum Gasteiger partial charge on any atom is -0.489 e. The van der Waals surface area contributed by atoms with Crippen molar-refractivity contribution in [2.45, 2.75) is 26.4 Å². The van der Waals surface area contributed by atoms with Crippen molar-refractivity contribution in [3.8, 4) is 5.75 Å². The van der Waals surface area contributed by atoms with Crippen LogP contribution >= 0.6 is 0 Å². The molecule has 4 heteroatoms. The first kappa shape index (κ1) is 13.1. The second-order valence-corrected chi connectivity index (χ2v) is 5.01. The lowest BCUT2D eigenvalue weighted by atomic mass is 10.2. The summed E-state index contributed by atoms with van der Waals surface area (Å²) in [7, 11) is 2.16. The Balaban J connectivity index is 2.02. The fourth-order valence-electron chi connectivity index (χ4n) is 2.03. The zero-order valence-corrected chi connectivity index (χ0v) is 11.6. The molecule has 0 saturated carbocycles. The van der Waals surface area contributed by atoms with Crippen LogP contribution in [0.15, 0.2) is 18.5 Å². The van der Waals surface area contributed by atoms with E-state index in [4.69, 9.17) is 4.74 Å². The summed E-state index contributed by atoms with van der Waals surface area (Å²) in [6.07, 6.45) is 4.98. The molecule has 0 radical (unpaired) electrons. The molecule has 1 saturated heterocycles. The maximum absolute atomic E-state index is 5.82. The number of aromatic nitrogens is 1. The molecule has 1 atom stereocenters. The third-order valence-corrected chi connectivity index (χ3v) is 3.48. The zero-order valence-electron chi connectivity index (χ0n) is 11.6. The molecule has 0 spiro atoms. The molecule has 1 aromatic rings. The maximum Gasteiger partial charge on any atom is 0.140 e. The van der Waals surface area contributed by atoms with E-state index in [1.54, 1.807) is 6.20 Å². The summed E-state index contributed by atoms with van der Waals surface area (Å²) in [6.45, 7) is 8.55. The van der Waals surface area contributed by atoms with Crippen LogP contribution in [0.2, 0.25) is 0 Å². The molecule has 1 aliphatic heterocycles. The fourth-order valence-corrected chi connectivity index (χ4v) is 2.03. The third-order valence-electron chi connectivity index (χ3n) is 3.48. The van der Waals surface area contributed by atoms with E-state index in [9.17, 15) is 0 Å². The summed E-state index contributed by atoms with van der Waals surface area (Å²) in [5, 5.41) is 0. The molecule has 18 heavy (non-hydrogen) atoms. The Morgan fingerprint density at radius 3 is 2.67 bits per heavy atom. The number of ether oxygens (including phenoxy) is 1. The lowest BCUT2D eigenvalue weighted by Crippen LogP contribution is -2.44. The molecular weight excluding hydrogens is 226 g/mol. The zero-order chi connectivity index (χ0) is 13.0. The van der Waals surface area contributed by atoms with E-state index < -0.39 is 0 Å². The number of likely N-dealkylation sites (N-methyl/N-ethyl adjacent to an activating group) is 1. The summed E-state index contributed by atoms with van der Waals surface area (Å²) in [6, 6.07) is 2.10. The Hall–Kier alpha value is -1.29. The Morgan fingerprint density at radius 2 is 2.00 bits per heavy atom. The molecule has 4 nitrogen and oxygen atoms in total. The van der Waals surface area contributed by atoms with E-state index in [1.165, 1.54) is 5.69 Å². The standard InChI is InChI=1S/C14H23N3O/c1-4-12(2)18-14-9-13(10-15-11-14)17-7-5-16(3)6-8-17/h9-12H,4-8H2,1-3H3. The highest BCUT2D eigenvalue weighted by atomic mass is 16.5. The molecule has 0 amide bonds. The number of nitrogens with zero attached hydrogens (tertiary/aromatic N) is 3. The molecule has 0 N–H and O–H groups in total. The van der Waals surface area contributed by atoms with E-state index in [0.29, 0.717) is 0 Å². The van der Waals surface area contributed by atoms with Gasteiger partial charge >= 0.3 is 0 Å². The predicted octanol–water partition coefficient (Wildman–Crippen LogP) is 2.01. The SMILES string of the molecule is CCC(C)Oc1cncc(N2CCN(C)CC2)c1. The van der Waals surface area contributed by atoms with Gasteiger partial charge in [-0.2, -0.15) is 0 Å². The third kappa shape index (κ3) is 3.35. The van der Waals surface area contributed by atoms with Crippen molar-refractivity contribution in [3.63, 3.8) is 0 Å². The van der Waals surface area contributed by atoms with Crippen LogP contribution in [0, 0.1) is 0 Å². The highest BCUT2D eigenvalue weighted by Crippen LogP contribution is 2.21. The predicted molar refractivity (Wildman–Crippen MR) is 74.3 cm³/mol. The van der Waals surface area contributed by atoms with Crippen molar-refractivity contribution in [2.24, 2.45) is 0 Å². The van der Waals surface area contributed by atoms with Crippen molar-refractivity contribution >= 4 is 5.69 Å². The smallest absolute Gasteiger partial charge is 0.140 e. The average Bonchev–Trinajstić information content (AvgIpc) is 2.40. The average molecular weight is 249 g/mol. The molecular formula is C14H23N3O. The van der Waals surface area contributed by atoms with Gasteiger partial charge in [-0.05, 0) is 20.4 Å². The number of pyridine rings is 1. The quantitative estimate of drug-likeness (QED) is 0.816. The van der Waals surface area contributed by atoms with E-state index >= 15 is 0 Å². The van der Waals surface area contributed by atoms with E-state index in [2.05, 4.69) is 41.7 Å². The van der Waals surface area contributed by atoms with Crippen LogP contribution in [0.1, 0.15) is 20.3 Å². The highest BCUT2D eigenvalue weighted by Gasteiger charge is 2.15. The minimum absolute atomic E-state index is 0.245. The lowest BCUT2D eigenvalue weighted by Gasteiger charge is -2.33. The Bertz CT molecular complexity index is 375. The maximum atomic E-state index is 5.82. The Morgan fingerprint density at radius 1 is 1.28 bits per heavy atom. The molecule has 0 aliphatic carbocycles. The summed E-state index contributed by atoms with van der Waals surface area (Å²) in [5.41, 5.74) is 1.17. The molecule has 100 valence electrons. The second kappa shape index (κ2) is 6.05. The Labute approximate surface area is 110 Å². The summed E-state index contributed by atoms with van der Waals surface area (Å²) < 4.78 is 5.82. The number of hydrogen-bond acceptors (Lipinski definition) is 4. The monoisotopic (exact) mass is 249 g/mol. The first-order chi connectivity index (χ1) is 8.69. The van der Waals surface area contributed by atoms with Gasteiger partial charge in [-0.3, -0.25) is 4.98 Å². The number of piperazine rings is 1. The van der Waals surface area contributed by atoms with Gasteiger partial charge in [0.25, 0.3) is 0 Å². The summed E-state index contributed by atoms with van der Waals surface area (Å²) in [5.74, 6) is 0.876. The number of anilines is 1. The van der Waals surface area contributed by atoms with E-state index in [-0.39, 0.29) is 6.10 Å². The normalized spacial score (nSPS) is 18.7. The van der Waals surface area contributed by atoms with Gasteiger partial charge in [0.05, 0.1) is 24.2 Å². The van der Waals surface area contributed by atoms with Crippen LogP contribution in [-0.4, -0.2) is 49.2 Å².